The van der Waals surface area contributed by atoms with Gasteiger partial charge >= 0.3 is 5.63 Å². The summed E-state index contributed by atoms with van der Waals surface area (Å²) in [5, 5.41) is 0.554. The monoisotopic (exact) mass is 399 g/mol. The number of hydrogen-bond acceptors (Lipinski definition) is 6. The summed E-state index contributed by atoms with van der Waals surface area (Å²) in [7, 11) is -3.70. The number of hydrogen-bond donors (Lipinski definition) is 1. The Balaban J connectivity index is 1.51. The first-order valence-electron chi connectivity index (χ1n) is 9.25. The first-order chi connectivity index (χ1) is 13.5. The predicted octanol–water partition coefficient (Wildman–Crippen LogP) is 2.66. The van der Waals surface area contributed by atoms with E-state index >= 15 is 0 Å². The molecule has 0 atom stereocenters. The van der Waals surface area contributed by atoms with Gasteiger partial charge < -0.3 is 9.32 Å². The number of pyridine rings is 1. The molecular formula is C20H21N3O4S. The molecule has 1 aliphatic rings. The van der Waals surface area contributed by atoms with Gasteiger partial charge in [0.25, 0.3) is 0 Å². The van der Waals surface area contributed by atoms with E-state index < -0.39 is 15.6 Å². The smallest absolute Gasteiger partial charge is 0.336 e. The van der Waals surface area contributed by atoms with Crippen LogP contribution in [0.25, 0.3) is 11.0 Å². The van der Waals surface area contributed by atoms with Crippen LogP contribution in [0, 0.1) is 0 Å². The van der Waals surface area contributed by atoms with Crippen LogP contribution in [0.2, 0.25) is 0 Å². The first kappa shape index (κ1) is 18.6. The molecule has 1 N–H and O–H groups in total. The van der Waals surface area contributed by atoms with E-state index in [-0.39, 0.29) is 11.4 Å². The van der Waals surface area contributed by atoms with Crippen LogP contribution < -0.4 is 15.2 Å². The molecule has 0 aliphatic carbocycles. The molecule has 4 rings (SSSR count). The number of nitrogens with one attached hydrogen (secondary N) is 1. The zero-order valence-electron chi connectivity index (χ0n) is 15.3. The Morgan fingerprint density at radius 3 is 2.68 bits per heavy atom. The number of fused-ring (bicyclic) bond motifs is 1. The highest BCUT2D eigenvalue weighted by molar-refractivity contribution is 7.89. The van der Waals surface area contributed by atoms with Crippen LogP contribution in [0.5, 0.6) is 0 Å². The van der Waals surface area contributed by atoms with Crippen LogP contribution in [0.15, 0.2) is 62.8 Å². The van der Waals surface area contributed by atoms with E-state index in [4.69, 9.17) is 4.42 Å². The molecule has 146 valence electrons. The second-order valence-corrected chi connectivity index (χ2v) is 8.62. The highest BCUT2D eigenvalue weighted by Crippen LogP contribution is 2.20. The fraction of sp³-hybridized carbons (Fsp3) is 0.300. The van der Waals surface area contributed by atoms with Crippen molar-refractivity contribution in [2.24, 2.45) is 0 Å². The SMILES string of the molecule is O=c1ccc2cc(S(=O)(=O)NCc3ccnc(N4CCCCC4)c3)ccc2o1. The summed E-state index contributed by atoms with van der Waals surface area (Å²) < 4.78 is 33.0. The van der Waals surface area contributed by atoms with Crippen molar-refractivity contribution in [1.29, 1.82) is 0 Å². The van der Waals surface area contributed by atoms with Gasteiger partial charge in [0.1, 0.15) is 11.4 Å². The zero-order chi connectivity index (χ0) is 19.6. The van der Waals surface area contributed by atoms with Crippen LogP contribution >= 0.6 is 0 Å². The minimum Gasteiger partial charge on any atom is -0.423 e. The van der Waals surface area contributed by atoms with Crippen molar-refractivity contribution < 1.29 is 12.8 Å². The molecule has 1 aliphatic heterocycles. The third-order valence-electron chi connectivity index (χ3n) is 4.86. The normalized spacial score (nSPS) is 15.1. The van der Waals surface area contributed by atoms with Crippen molar-refractivity contribution in [3.05, 3.63) is 64.6 Å². The molecule has 1 saturated heterocycles. The molecule has 0 spiro atoms. The average molecular weight is 399 g/mol. The number of sulfonamides is 1. The predicted molar refractivity (Wildman–Crippen MR) is 107 cm³/mol. The van der Waals surface area contributed by atoms with Gasteiger partial charge in [-0.25, -0.2) is 22.9 Å². The van der Waals surface area contributed by atoms with Crippen LogP contribution in [0.1, 0.15) is 24.8 Å². The van der Waals surface area contributed by atoms with E-state index in [1.165, 1.54) is 30.7 Å². The van der Waals surface area contributed by atoms with Crippen LogP contribution in [0.4, 0.5) is 5.82 Å². The molecule has 3 aromatic rings. The molecule has 8 heteroatoms. The average Bonchev–Trinajstić information content (AvgIpc) is 2.73. The van der Waals surface area contributed by atoms with Gasteiger partial charge in [-0.2, -0.15) is 0 Å². The maximum absolute atomic E-state index is 12.7. The van der Waals surface area contributed by atoms with E-state index in [0.29, 0.717) is 11.0 Å². The van der Waals surface area contributed by atoms with Crippen LogP contribution in [-0.2, 0) is 16.6 Å². The summed E-state index contributed by atoms with van der Waals surface area (Å²) in [4.78, 5) is 18.0. The Kier molecular flexibility index (Phi) is 5.15. The van der Waals surface area contributed by atoms with Gasteiger partial charge in [-0.1, -0.05) is 0 Å². The summed E-state index contributed by atoms with van der Waals surface area (Å²) >= 11 is 0. The maximum atomic E-state index is 12.7. The summed E-state index contributed by atoms with van der Waals surface area (Å²) in [6.07, 6.45) is 5.26. The second-order valence-electron chi connectivity index (χ2n) is 6.85. The Morgan fingerprint density at radius 1 is 1.04 bits per heavy atom. The molecular weight excluding hydrogens is 378 g/mol. The molecule has 1 fully saturated rings. The Hall–Kier alpha value is -2.71. The number of anilines is 1. The van der Waals surface area contributed by atoms with Gasteiger partial charge in [-0.3, -0.25) is 0 Å². The molecule has 0 saturated carbocycles. The van der Waals surface area contributed by atoms with Crippen molar-refractivity contribution in [3.8, 4) is 0 Å². The summed E-state index contributed by atoms with van der Waals surface area (Å²) in [6, 6.07) is 11.0. The Bertz CT molecular complexity index is 1150. The largest absolute Gasteiger partial charge is 0.423 e. The van der Waals surface area contributed by atoms with E-state index in [9.17, 15) is 13.2 Å². The van der Waals surface area contributed by atoms with Gasteiger partial charge in [0.15, 0.2) is 0 Å². The summed E-state index contributed by atoms with van der Waals surface area (Å²) in [6.45, 7) is 2.14. The van der Waals surface area contributed by atoms with Gasteiger partial charge in [0.2, 0.25) is 10.0 Å². The molecule has 0 amide bonds. The topological polar surface area (TPSA) is 92.5 Å². The first-order valence-corrected chi connectivity index (χ1v) is 10.7. The number of piperidine rings is 1. The molecule has 3 heterocycles. The summed E-state index contributed by atoms with van der Waals surface area (Å²) in [5.74, 6) is 0.886. The number of aromatic nitrogens is 1. The molecule has 28 heavy (non-hydrogen) atoms. The summed E-state index contributed by atoms with van der Waals surface area (Å²) in [5.41, 5.74) is 0.737. The second kappa shape index (κ2) is 7.73. The Morgan fingerprint density at radius 2 is 1.86 bits per heavy atom. The van der Waals surface area contributed by atoms with Crippen LogP contribution in [0.3, 0.4) is 0 Å². The van der Waals surface area contributed by atoms with Crippen molar-refractivity contribution in [3.63, 3.8) is 0 Å². The van der Waals surface area contributed by atoms with Crippen LogP contribution in [-0.4, -0.2) is 26.5 Å². The van der Waals surface area contributed by atoms with Gasteiger partial charge in [-0.05, 0) is 61.2 Å². The molecule has 0 radical (unpaired) electrons. The fourth-order valence-electron chi connectivity index (χ4n) is 3.35. The van der Waals surface area contributed by atoms with Crippen molar-refractivity contribution in [2.75, 3.05) is 18.0 Å². The maximum Gasteiger partial charge on any atom is 0.336 e. The van der Waals surface area contributed by atoms with Crippen molar-refractivity contribution >= 4 is 26.8 Å². The molecule has 2 aromatic heterocycles. The molecule has 0 unspecified atom stereocenters. The standard InChI is InChI=1S/C20H21N3O4S/c24-20-7-4-16-13-17(5-6-18(16)27-20)28(25,26)22-14-15-8-9-21-19(12-15)23-10-2-1-3-11-23/h4-9,12-13,22H,1-3,10-11,14H2. The molecule has 0 bridgehead atoms. The number of nitrogens with zero attached hydrogens (tertiary/aromatic N) is 2. The molecule has 7 nitrogen and oxygen atoms in total. The van der Waals surface area contributed by atoms with Gasteiger partial charge in [0, 0.05) is 37.3 Å². The van der Waals surface area contributed by atoms with Crippen molar-refractivity contribution in [2.45, 2.75) is 30.7 Å². The van der Waals surface area contributed by atoms with E-state index in [2.05, 4.69) is 14.6 Å². The molecule has 1 aromatic carbocycles. The van der Waals surface area contributed by atoms with E-state index in [0.717, 1.165) is 37.3 Å². The highest BCUT2D eigenvalue weighted by Gasteiger charge is 2.16. The third-order valence-corrected chi connectivity index (χ3v) is 6.26. The minimum atomic E-state index is -3.70. The lowest BCUT2D eigenvalue weighted by Gasteiger charge is -2.27. The lowest BCUT2D eigenvalue weighted by molar-refractivity contribution is 0.560. The minimum absolute atomic E-state index is 0.124. The fourth-order valence-corrected chi connectivity index (χ4v) is 4.40. The third kappa shape index (κ3) is 4.07. The van der Waals surface area contributed by atoms with Gasteiger partial charge in [0.05, 0.1) is 4.90 Å². The zero-order valence-corrected chi connectivity index (χ0v) is 16.1. The lowest BCUT2D eigenvalue weighted by atomic mass is 10.1. The lowest BCUT2D eigenvalue weighted by Crippen LogP contribution is -2.30. The Labute approximate surface area is 163 Å². The van der Waals surface area contributed by atoms with Crippen molar-refractivity contribution in [1.82, 2.24) is 9.71 Å². The number of benzene rings is 1. The van der Waals surface area contributed by atoms with E-state index in [1.807, 2.05) is 12.1 Å². The van der Waals surface area contributed by atoms with Gasteiger partial charge in [-0.15, -0.1) is 0 Å². The number of rotatable bonds is 5. The highest BCUT2D eigenvalue weighted by atomic mass is 32.2. The quantitative estimate of drug-likeness (QED) is 0.663. The van der Waals surface area contributed by atoms with E-state index in [1.54, 1.807) is 12.3 Å².